The van der Waals surface area contributed by atoms with Gasteiger partial charge in [-0.15, -0.1) is 0 Å². The molecule has 0 aliphatic carbocycles. The first kappa shape index (κ1) is 15.7. The molecule has 0 bridgehead atoms. The van der Waals surface area contributed by atoms with Gasteiger partial charge in [0.05, 0.1) is 0 Å². The third kappa shape index (κ3) is 3.56. The van der Waals surface area contributed by atoms with Crippen LogP contribution in [-0.2, 0) is 23.2 Å². The van der Waals surface area contributed by atoms with Gasteiger partial charge >= 0.3 is 11.7 Å². The molecule has 1 rings (SSSR count). The van der Waals surface area contributed by atoms with Gasteiger partial charge < -0.3 is 10.4 Å². The van der Waals surface area contributed by atoms with Gasteiger partial charge in [-0.2, -0.15) is 0 Å². The summed E-state index contributed by atoms with van der Waals surface area (Å²) in [5, 5.41) is 11.3. The fraction of sp³-hybridized carbons (Fsp3) is 0.500. The summed E-state index contributed by atoms with van der Waals surface area (Å²) >= 11 is 0. The monoisotopic (exact) mass is 283 g/mol. The van der Waals surface area contributed by atoms with Crippen molar-refractivity contribution >= 4 is 11.9 Å². The number of carboxylic acids is 1. The summed E-state index contributed by atoms with van der Waals surface area (Å²) < 4.78 is 1.90. The minimum absolute atomic E-state index is 0.284. The van der Waals surface area contributed by atoms with Crippen molar-refractivity contribution in [2.45, 2.75) is 26.4 Å². The summed E-state index contributed by atoms with van der Waals surface area (Å²) in [5.41, 5.74) is -1.11. The Kier molecular flexibility index (Phi) is 4.84. The summed E-state index contributed by atoms with van der Waals surface area (Å²) in [4.78, 5) is 45.6. The van der Waals surface area contributed by atoms with Gasteiger partial charge in [-0.05, 0) is 5.92 Å². The number of rotatable bonds is 5. The second-order valence-electron chi connectivity index (χ2n) is 4.75. The van der Waals surface area contributed by atoms with Gasteiger partial charge in [-0.3, -0.25) is 18.7 Å². The number of aromatic nitrogens is 2. The lowest BCUT2D eigenvalue weighted by molar-refractivity contribution is -0.143. The molecule has 0 fully saturated rings. The van der Waals surface area contributed by atoms with E-state index in [-0.39, 0.29) is 12.5 Å². The summed E-state index contributed by atoms with van der Waals surface area (Å²) in [6, 6.07) is 0.136. The van der Waals surface area contributed by atoms with Crippen LogP contribution in [0.15, 0.2) is 21.9 Å². The van der Waals surface area contributed by atoms with E-state index < -0.39 is 29.2 Å². The Balaban J connectivity index is 2.87. The average Bonchev–Trinajstić information content (AvgIpc) is 2.36. The molecule has 20 heavy (non-hydrogen) atoms. The fourth-order valence-electron chi connectivity index (χ4n) is 1.62. The van der Waals surface area contributed by atoms with E-state index in [1.807, 2.05) is 0 Å². The second kappa shape index (κ2) is 6.18. The normalized spacial score (nSPS) is 12.2. The molecule has 8 heteroatoms. The predicted molar refractivity (Wildman–Crippen MR) is 70.3 cm³/mol. The summed E-state index contributed by atoms with van der Waals surface area (Å²) in [6.45, 7) is 2.98. The molecule has 1 atom stereocenters. The van der Waals surface area contributed by atoms with Gasteiger partial charge in [-0.1, -0.05) is 13.8 Å². The maximum absolute atomic E-state index is 11.8. The van der Waals surface area contributed by atoms with Crippen LogP contribution in [0, 0.1) is 5.92 Å². The lowest BCUT2D eigenvalue weighted by Crippen LogP contribution is -2.47. The first-order valence-electron chi connectivity index (χ1n) is 6.02. The van der Waals surface area contributed by atoms with Gasteiger partial charge in [0.25, 0.3) is 5.56 Å². The summed E-state index contributed by atoms with van der Waals surface area (Å²) in [5.74, 6) is -2.03. The average molecular weight is 283 g/mol. The zero-order valence-electron chi connectivity index (χ0n) is 11.5. The van der Waals surface area contributed by atoms with Crippen LogP contribution in [0.4, 0.5) is 0 Å². The molecule has 110 valence electrons. The number of nitrogens with zero attached hydrogens (tertiary/aromatic N) is 2. The van der Waals surface area contributed by atoms with E-state index >= 15 is 0 Å². The van der Waals surface area contributed by atoms with Crippen molar-refractivity contribution in [2.75, 3.05) is 0 Å². The molecule has 0 saturated carbocycles. The second-order valence-corrected chi connectivity index (χ2v) is 4.75. The first-order chi connectivity index (χ1) is 9.23. The molecule has 0 aliphatic heterocycles. The molecular weight excluding hydrogens is 266 g/mol. The molecule has 0 aliphatic rings. The lowest BCUT2D eigenvalue weighted by atomic mass is 10.1. The molecule has 0 radical (unpaired) electrons. The summed E-state index contributed by atoms with van der Waals surface area (Å²) in [6.07, 6.45) is 1.20. The highest BCUT2D eigenvalue weighted by Crippen LogP contribution is 2.01. The molecule has 0 unspecified atom stereocenters. The minimum Gasteiger partial charge on any atom is -0.480 e. The number of carbonyl (C=O) groups is 2. The van der Waals surface area contributed by atoms with Crippen molar-refractivity contribution in [2.24, 2.45) is 13.0 Å². The van der Waals surface area contributed by atoms with Crippen LogP contribution in [-0.4, -0.2) is 32.2 Å². The number of hydrogen-bond acceptors (Lipinski definition) is 4. The Morgan fingerprint density at radius 3 is 2.45 bits per heavy atom. The van der Waals surface area contributed by atoms with E-state index in [0.717, 1.165) is 15.2 Å². The number of aliphatic carboxylic acids is 1. The molecule has 0 aromatic carbocycles. The van der Waals surface area contributed by atoms with Crippen LogP contribution in [0.3, 0.4) is 0 Å². The lowest BCUT2D eigenvalue weighted by Gasteiger charge is -2.18. The third-order valence-electron chi connectivity index (χ3n) is 2.82. The number of hydrogen-bond donors (Lipinski definition) is 2. The van der Waals surface area contributed by atoms with Crippen LogP contribution < -0.4 is 16.6 Å². The van der Waals surface area contributed by atoms with E-state index in [2.05, 4.69) is 5.32 Å². The smallest absolute Gasteiger partial charge is 0.331 e. The highest BCUT2D eigenvalue weighted by atomic mass is 16.4. The maximum atomic E-state index is 11.8. The van der Waals surface area contributed by atoms with E-state index in [1.165, 1.54) is 13.2 Å². The molecule has 8 nitrogen and oxygen atoms in total. The van der Waals surface area contributed by atoms with Crippen molar-refractivity contribution in [3.8, 4) is 0 Å². The van der Waals surface area contributed by atoms with Gasteiger partial charge in [0.2, 0.25) is 5.91 Å². The van der Waals surface area contributed by atoms with Crippen LogP contribution in [0.2, 0.25) is 0 Å². The highest BCUT2D eigenvalue weighted by Gasteiger charge is 2.23. The van der Waals surface area contributed by atoms with Crippen molar-refractivity contribution in [1.29, 1.82) is 0 Å². The third-order valence-corrected chi connectivity index (χ3v) is 2.82. The standard InChI is InChI=1S/C12H17N3O5/c1-7(2)10(11(18)19)13-8(16)6-15-5-4-9(17)14(3)12(15)20/h4-5,7,10H,6H2,1-3H3,(H,13,16)(H,18,19)/t10-/m1/s1. The number of nitrogens with one attached hydrogen (secondary N) is 1. The molecule has 1 aromatic heterocycles. The van der Waals surface area contributed by atoms with Crippen LogP contribution >= 0.6 is 0 Å². The van der Waals surface area contributed by atoms with Crippen LogP contribution in [0.5, 0.6) is 0 Å². The maximum Gasteiger partial charge on any atom is 0.331 e. The van der Waals surface area contributed by atoms with Crippen molar-refractivity contribution < 1.29 is 14.7 Å². The largest absolute Gasteiger partial charge is 0.480 e. The van der Waals surface area contributed by atoms with Crippen molar-refractivity contribution in [3.63, 3.8) is 0 Å². The van der Waals surface area contributed by atoms with Gasteiger partial charge in [0.15, 0.2) is 0 Å². The van der Waals surface area contributed by atoms with Gasteiger partial charge in [0.1, 0.15) is 12.6 Å². The Bertz CT molecular complexity index is 629. The summed E-state index contributed by atoms with van der Waals surface area (Å²) in [7, 11) is 1.30. The topological polar surface area (TPSA) is 110 Å². The molecule has 0 spiro atoms. The Labute approximate surface area is 114 Å². The fourth-order valence-corrected chi connectivity index (χ4v) is 1.62. The number of amides is 1. The van der Waals surface area contributed by atoms with E-state index in [0.29, 0.717) is 0 Å². The first-order valence-corrected chi connectivity index (χ1v) is 6.02. The van der Waals surface area contributed by atoms with Gasteiger partial charge in [-0.25, -0.2) is 9.59 Å². The molecule has 1 aromatic rings. The number of carboxylic acid groups (broad SMARTS) is 1. The Morgan fingerprint density at radius 1 is 1.35 bits per heavy atom. The SMILES string of the molecule is CC(C)[C@@H](NC(=O)Cn1ccc(=O)n(C)c1=O)C(=O)O. The Hall–Kier alpha value is -2.38. The molecule has 2 N–H and O–H groups in total. The van der Waals surface area contributed by atoms with E-state index in [9.17, 15) is 19.2 Å². The van der Waals surface area contributed by atoms with E-state index in [4.69, 9.17) is 5.11 Å². The van der Waals surface area contributed by atoms with Crippen LogP contribution in [0.1, 0.15) is 13.8 Å². The minimum atomic E-state index is -1.14. The molecule has 1 heterocycles. The number of carbonyl (C=O) groups excluding carboxylic acids is 1. The quantitative estimate of drug-likeness (QED) is 0.703. The Morgan fingerprint density at radius 2 is 1.95 bits per heavy atom. The zero-order chi connectivity index (χ0) is 15.4. The molecule has 0 saturated heterocycles. The van der Waals surface area contributed by atoms with Gasteiger partial charge in [0, 0.05) is 19.3 Å². The van der Waals surface area contributed by atoms with Crippen molar-refractivity contribution in [3.05, 3.63) is 33.1 Å². The molecule has 1 amide bonds. The zero-order valence-corrected chi connectivity index (χ0v) is 11.5. The van der Waals surface area contributed by atoms with Crippen molar-refractivity contribution in [1.82, 2.24) is 14.5 Å². The van der Waals surface area contributed by atoms with E-state index in [1.54, 1.807) is 13.8 Å². The van der Waals surface area contributed by atoms with Crippen LogP contribution in [0.25, 0.3) is 0 Å². The molecular formula is C12H17N3O5. The highest BCUT2D eigenvalue weighted by molar-refractivity contribution is 5.83. The predicted octanol–water partition coefficient (Wildman–Crippen LogP) is -1.23.